The molecule has 0 aliphatic carbocycles. The summed E-state index contributed by atoms with van der Waals surface area (Å²) >= 11 is 4.93. The highest BCUT2D eigenvalue weighted by atomic mass is 32.1. The Labute approximate surface area is 127 Å². The van der Waals surface area contributed by atoms with E-state index >= 15 is 0 Å². The van der Waals surface area contributed by atoms with E-state index in [2.05, 4.69) is 15.8 Å². The lowest BCUT2D eigenvalue weighted by Crippen LogP contribution is -2.31. The molecule has 0 unspecified atom stereocenters. The van der Waals surface area contributed by atoms with Crippen LogP contribution in [0.15, 0.2) is 17.2 Å². The molecule has 1 aromatic carbocycles. The quantitative estimate of drug-likeness (QED) is 0.355. The maximum Gasteiger partial charge on any atom is 0.282 e. The van der Waals surface area contributed by atoms with Crippen LogP contribution in [-0.2, 0) is 0 Å². The zero-order valence-electron chi connectivity index (χ0n) is 11.9. The summed E-state index contributed by atoms with van der Waals surface area (Å²) in [5, 5.41) is 18.1. The highest BCUT2D eigenvalue weighted by molar-refractivity contribution is 7.80. The van der Waals surface area contributed by atoms with Crippen molar-refractivity contribution < 1.29 is 14.4 Å². The summed E-state index contributed by atoms with van der Waals surface area (Å²) in [5.74, 6) is 0.649. The molecule has 0 saturated carbocycles. The van der Waals surface area contributed by atoms with Gasteiger partial charge in [0.25, 0.3) is 5.69 Å². The van der Waals surface area contributed by atoms with Crippen LogP contribution in [0.1, 0.15) is 12.5 Å². The number of nitrogens with one attached hydrogen (secondary N) is 2. The number of methoxy groups -OCH3 is 2. The van der Waals surface area contributed by atoms with Crippen molar-refractivity contribution in [2.75, 3.05) is 20.8 Å². The molecule has 114 valence electrons. The molecule has 0 aromatic heterocycles. The van der Waals surface area contributed by atoms with Crippen molar-refractivity contribution in [1.29, 1.82) is 0 Å². The third kappa shape index (κ3) is 4.56. The highest BCUT2D eigenvalue weighted by Crippen LogP contribution is 2.33. The molecule has 8 nitrogen and oxygen atoms in total. The summed E-state index contributed by atoms with van der Waals surface area (Å²) in [6.07, 6.45) is 1.30. The van der Waals surface area contributed by atoms with Crippen molar-refractivity contribution in [3.05, 3.63) is 27.8 Å². The number of hydrogen-bond donors (Lipinski definition) is 2. The molecule has 9 heteroatoms. The third-order valence-corrected chi connectivity index (χ3v) is 2.67. The van der Waals surface area contributed by atoms with Gasteiger partial charge in [0.15, 0.2) is 16.6 Å². The van der Waals surface area contributed by atoms with Crippen LogP contribution in [0.25, 0.3) is 0 Å². The summed E-state index contributed by atoms with van der Waals surface area (Å²) in [6.45, 7) is 2.54. The molecule has 0 spiro atoms. The second kappa shape index (κ2) is 8.00. The van der Waals surface area contributed by atoms with Crippen LogP contribution >= 0.6 is 12.2 Å². The Balaban J connectivity index is 3.06. The molecule has 0 atom stereocenters. The normalized spacial score (nSPS) is 10.2. The summed E-state index contributed by atoms with van der Waals surface area (Å²) < 4.78 is 10.1. The lowest BCUT2D eigenvalue weighted by Gasteiger charge is -2.08. The van der Waals surface area contributed by atoms with Gasteiger partial charge in [-0.1, -0.05) is 0 Å². The van der Waals surface area contributed by atoms with Crippen molar-refractivity contribution in [1.82, 2.24) is 10.7 Å². The molecule has 0 aliphatic heterocycles. The van der Waals surface area contributed by atoms with E-state index in [1.807, 2.05) is 6.92 Å². The maximum atomic E-state index is 11.1. The number of rotatable bonds is 6. The van der Waals surface area contributed by atoms with E-state index in [1.165, 1.54) is 32.6 Å². The molecular formula is C12H16N4O4S. The van der Waals surface area contributed by atoms with Crippen LogP contribution in [0.2, 0.25) is 0 Å². The summed E-state index contributed by atoms with van der Waals surface area (Å²) in [7, 11) is 2.86. The van der Waals surface area contributed by atoms with Gasteiger partial charge in [0, 0.05) is 6.54 Å². The fraction of sp³-hybridized carbons (Fsp3) is 0.333. The lowest BCUT2D eigenvalue weighted by molar-refractivity contribution is -0.385. The second-order valence-electron chi connectivity index (χ2n) is 3.75. The second-order valence-corrected chi connectivity index (χ2v) is 4.16. The van der Waals surface area contributed by atoms with Crippen molar-refractivity contribution in [2.24, 2.45) is 5.10 Å². The van der Waals surface area contributed by atoms with Crippen molar-refractivity contribution in [2.45, 2.75) is 6.92 Å². The smallest absolute Gasteiger partial charge is 0.282 e. The van der Waals surface area contributed by atoms with Crippen molar-refractivity contribution in [3.8, 4) is 11.5 Å². The third-order valence-electron chi connectivity index (χ3n) is 2.44. The standard InChI is InChI=1S/C12H16N4O4S/c1-4-13-12(21)15-14-7-8-5-10(19-2)11(20-3)6-9(8)16(17)18/h5-7H,4H2,1-3H3,(H2,13,15,21). The zero-order valence-corrected chi connectivity index (χ0v) is 12.7. The van der Waals surface area contributed by atoms with Crippen LogP contribution in [0.5, 0.6) is 11.5 Å². The molecule has 1 rings (SSSR count). The molecule has 0 radical (unpaired) electrons. The van der Waals surface area contributed by atoms with Crippen LogP contribution < -0.4 is 20.2 Å². The summed E-state index contributed by atoms with van der Waals surface area (Å²) in [6, 6.07) is 2.75. The summed E-state index contributed by atoms with van der Waals surface area (Å²) in [4.78, 5) is 10.6. The SMILES string of the molecule is CCNC(=S)NN=Cc1cc(OC)c(OC)cc1[N+](=O)[O-]. The van der Waals surface area contributed by atoms with Gasteiger partial charge in [-0.15, -0.1) is 0 Å². The van der Waals surface area contributed by atoms with E-state index < -0.39 is 4.92 Å². The van der Waals surface area contributed by atoms with E-state index in [0.717, 1.165) is 0 Å². The van der Waals surface area contributed by atoms with Gasteiger partial charge in [-0.2, -0.15) is 5.10 Å². The van der Waals surface area contributed by atoms with Crippen LogP contribution in [0.4, 0.5) is 5.69 Å². The van der Waals surface area contributed by atoms with Gasteiger partial charge in [-0.25, -0.2) is 0 Å². The predicted molar refractivity (Wildman–Crippen MR) is 83.2 cm³/mol. The molecule has 0 amide bonds. The van der Waals surface area contributed by atoms with Gasteiger partial charge < -0.3 is 14.8 Å². The number of nitro groups is 1. The molecule has 2 N–H and O–H groups in total. The fourth-order valence-electron chi connectivity index (χ4n) is 1.51. The molecule has 0 saturated heterocycles. The van der Waals surface area contributed by atoms with Crippen LogP contribution in [-0.4, -0.2) is 37.0 Å². The van der Waals surface area contributed by atoms with E-state index in [0.29, 0.717) is 17.4 Å². The minimum atomic E-state index is -0.522. The van der Waals surface area contributed by atoms with Gasteiger partial charge in [-0.3, -0.25) is 15.5 Å². The number of thiocarbonyl (C=S) groups is 1. The Bertz CT molecular complexity index is 562. The van der Waals surface area contributed by atoms with E-state index in [4.69, 9.17) is 21.7 Å². The predicted octanol–water partition coefficient (Wildman–Crippen LogP) is 1.43. The molecule has 21 heavy (non-hydrogen) atoms. The fourth-order valence-corrected chi connectivity index (χ4v) is 1.70. The van der Waals surface area contributed by atoms with Gasteiger partial charge in [0.1, 0.15) is 0 Å². The molecule has 1 aromatic rings. The summed E-state index contributed by atoms with van der Waals surface area (Å²) in [5.41, 5.74) is 2.68. The van der Waals surface area contributed by atoms with Gasteiger partial charge >= 0.3 is 0 Å². The minimum Gasteiger partial charge on any atom is -0.493 e. The monoisotopic (exact) mass is 312 g/mol. The Morgan fingerprint density at radius 1 is 1.43 bits per heavy atom. The lowest BCUT2D eigenvalue weighted by atomic mass is 10.1. The molecular weight excluding hydrogens is 296 g/mol. The average molecular weight is 312 g/mol. The molecule has 0 fully saturated rings. The van der Waals surface area contributed by atoms with Crippen molar-refractivity contribution >= 4 is 29.2 Å². The Hall–Kier alpha value is -2.42. The Morgan fingerprint density at radius 3 is 2.57 bits per heavy atom. The number of benzene rings is 1. The van der Waals surface area contributed by atoms with Gasteiger partial charge in [-0.05, 0) is 25.2 Å². The Morgan fingerprint density at radius 2 is 2.05 bits per heavy atom. The first kappa shape index (κ1) is 16.6. The van der Waals surface area contributed by atoms with E-state index in [9.17, 15) is 10.1 Å². The Kier molecular flexibility index (Phi) is 6.34. The van der Waals surface area contributed by atoms with Crippen LogP contribution in [0, 0.1) is 10.1 Å². The van der Waals surface area contributed by atoms with E-state index in [1.54, 1.807) is 0 Å². The average Bonchev–Trinajstić information content (AvgIpc) is 2.46. The number of nitrogens with zero attached hydrogens (tertiary/aromatic N) is 2. The number of ether oxygens (including phenoxy) is 2. The first-order valence-electron chi connectivity index (χ1n) is 6.00. The maximum absolute atomic E-state index is 11.1. The van der Waals surface area contributed by atoms with Gasteiger partial charge in [0.2, 0.25) is 0 Å². The number of hydrogen-bond acceptors (Lipinski definition) is 6. The minimum absolute atomic E-state index is 0.146. The number of nitro benzene ring substituents is 1. The molecule has 0 bridgehead atoms. The first-order chi connectivity index (χ1) is 10.0. The van der Waals surface area contributed by atoms with Gasteiger partial charge in [0.05, 0.1) is 37.0 Å². The zero-order chi connectivity index (χ0) is 15.8. The molecule has 0 aliphatic rings. The first-order valence-corrected chi connectivity index (χ1v) is 6.41. The largest absolute Gasteiger partial charge is 0.493 e. The number of hydrazone groups is 1. The van der Waals surface area contributed by atoms with Crippen LogP contribution in [0.3, 0.4) is 0 Å². The van der Waals surface area contributed by atoms with Crippen molar-refractivity contribution in [3.63, 3.8) is 0 Å². The van der Waals surface area contributed by atoms with E-state index in [-0.39, 0.29) is 17.0 Å². The topological polar surface area (TPSA) is 98.0 Å². The molecule has 0 heterocycles. The highest BCUT2D eigenvalue weighted by Gasteiger charge is 2.18.